The molecule has 0 fully saturated rings. The van der Waals surface area contributed by atoms with Gasteiger partial charge in [-0.3, -0.25) is 4.68 Å². The monoisotopic (exact) mass is 322 g/mol. The van der Waals surface area contributed by atoms with Gasteiger partial charge in [0.1, 0.15) is 21.8 Å². The van der Waals surface area contributed by atoms with Crippen molar-refractivity contribution in [1.29, 1.82) is 0 Å². The predicted molar refractivity (Wildman–Crippen MR) is 79.6 cm³/mol. The van der Waals surface area contributed by atoms with Crippen molar-refractivity contribution in [2.24, 2.45) is 7.05 Å². The highest BCUT2D eigenvalue weighted by atomic mass is 35.5. The molecule has 2 heterocycles. The summed E-state index contributed by atoms with van der Waals surface area (Å²) >= 11 is 12.4. The summed E-state index contributed by atoms with van der Waals surface area (Å²) in [7, 11) is 1.77. The quantitative estimate of drug-likeness (QED) is 0.670. The van der Waals surface area contributed by atoms with Crippen LogP contribution in [0.1, 0.15) is 0 Å². The van der Waals surface area contributed by atoms with E-state index in [1.54, 1.807) is 36.1 Å². The zero-order valence-corrected chi connectivity index (χ0v) is 12.4. The summed E-state index contributed by atoms with van der Waals surface area (Å²) in [6.07, 6.45) is 1.63. The van der Waals surface area contributed by atoms with Gasteiger partial charge in [0, 0.05) is 13.2 Å². The second-order valence-electron chi connectivity index (χ2n) is 4.35. The van der Waals surface area contributed by atoms with Crippen LogP contribution in [0.25, 0.3) is 22.6 Å². The maximum atomic E-state index is 13.0. The normalized spacial score (nSPS) is 10.9. The molecule has 0 saturated carbocycles. The molecular weight excluding hydrogens is 314 g/mol. The molecule has 1 aromatic carbocycles. The minimum absolute atomic E-state index is 0.206. The van der Waals surface area contributed by atoms with Crippen molar-refractivity contribution >= 4 is 23.2 Å². The predicted octanol–water partition coefficient (Wildman–Crippen LogP) is 3.99. The standard InChI is InChI=1S/C14H9Cl2FN4/c1-21-10(6-7-18-21)14-19-12(15)11(13(16)20-14)8-2-4-9(17)5-3-8/h2-7H,1H3. The second kappa shape index (κ2) is 5.42. The van der Waals surface area contributed by atoms with Crippen molar-refractivity contribution in [1.82, 2.24) is 19.7 Å². The van der Waals surface area contributed by atoms with Crippen LogP contribution in [0.15, 0.2) is 36.5 Å². The first kappa shape index (κ1) is 14.0. The van der Waals surface area contributed by atoms with Gasteiger partial charge in [0.05, 0.1) is 5.56 Å². The van der Waals surface area contributed by atoms with Gasteiger partial charge in [-0.2, -0.15) is 5.10 Å². The number of hydrogen-bond donors (Lipinski definition) is 0. The van der Waals surface area contributed by atoms with Gasteiger partial charge >= 0.3 is 0 Å². The number of rotatable bonds is 2. The Kier molecular flexibility index (Phi) is 3.61. The van der Waals surface area contributed by atoms with E-state index in [0.717, 1.165) is 0 Å². The van der Waals surface area contributed by atoms with E-state index in [0.29, 0.717) is 22.6 Å². The molecule has 3 aromatic rings. The molecule has 7 heteroatoms. The van der Waals surface area contributed by atoms with Crippen LogP contribution in [-0.4, -0.2) is 19.7 Å². The molecule has 0 N–H and O–H groups in total. The highest BCUT2D eigenvalue weighted by molar-refractivity contribution is 6.37. The summed E-state index contributed by atoms with van der Waals surface area (Å²) in [5, 5.41) is 4.46. The van der Waals surface area contributed by atoms with Gasteiger partial charge in [-0.15, -0.1) is 0 Å². The first-order valence-electron chi connectivity index (χ1n) is 6.03. The van der Waals surface area contributed by atoms with Gasteiger partial charge in [0.2, 0.25) is 0 Å². The molecule has 0 aliphatic carbocycles. The fourth-order valence-electron chi connectivity index (χ4n) is 1.97. The van der Waals surface area contributed by atoms with Crippen LogP contribution in [0.5, 0.6) is 0 Å². The zero-order chi connectivity index (χ0) is 15.0. The summed E-state index contributed by atoms with van der Waals surface area (Å²) in [5.74, 6) is 0.0503. The molecule has 4 nitrogen and oxygen atoms in total. The lowest BCUT2D eigenvalue weighted by Gasteiger charge is -2.08. The number of benzene rings is 1. The van der Waals surface area contributed by atoms with E-state index in [2.05, 4.69) is 15.1 Å². The van der Waals surface area contributed by atoms with Gasteiger partial charge in [0.25, 0.3) is 0 Å². The van der Waals surface area contributed by atoms with Crippen molar-refractivity contribution in [3.8, 4) is 22.6 Å². The van der Waals surface area contributed by atoms with Gasteiger partial charge in [-0.25, -0.2) is 14.4 Å². The third-order valence-corrected chi connectivity index (χ3v) is 3.55. The topological polar surface area (TPSA) is 43.6 Å². The van der Waals surface area contributed by atoms with E-state index in [9.17, 15) is 4.39 Å². The summed E-state index contributed by atoms with van der Waals surface area (Å²) in [5.41, 5.74) is 1.83. The maximum absolute atomic E-state index is 13.0. The minimum Gasteiger partial charge on any atom is -0.265 e. The van der Waals surface area contributed by atoms with Gasteiger partial charge in [0.15, 0.2) is 5.82 Å². The van der Waals surface area contributed by atoms with Gasteiger partial charge in [-0.1, -0.05) is 35.3 Å². The number of nitrogens with zero attached hydrogens (tertiary/aromatic N) is 4. The Morgan fingerprint density at radius 1 is 1.00 bits per heavy atom. The number of aromatic nitrogens is 4. The number of aryl methyl sites for hydroxylation is 1. The molecule has 0 radical (unpaired) electrons. The minimum atomic E-state index is -0.335. The van der Waals surface area contributed by atoms with E-state index >= 15 is 0 Å². The lowest BCUT2D eigenvalue weighted by atomic mass is 10.1. The summed E-state index contributed by atoms with van der Waals surface area (Å²) in [6.45, 7) is 0. The van der Waals surface area contributed by atoms with Crippen molar-refractivity contribution in [3.63, 3.8) is 0 Å². The molecular formula is C14H9Cl2FN4. The molecule has 0 unspecified atom stereocenters. The van der Waals surface area contributed by atoms with Crippen molar-refractivity contribution in [2.45, 2.75) is 0 Å². The van der Waals surface area contributed by atoms with Crippen molar-refractivity contribution < 1.29 is 4.39 Å². The van der Waals surface area contributed by atoms with Crippen LogP contribution >= 0.6 is 23.2 Å². The molecule has 3 rings (SSSR count). The summed E-state index contributed by atoms with van der Waals surface area (Å²) < 4.78 is 14.6. The second-order valence-corrected chi connectivity index (χ2v) is 5.07. The van der Waals surface area contributed by atoms with Crippen LogP contribution in [0.4, 0.5) is 4.39 Å². The highest BCUT2D eigenvalue weighted by Gasteiger charge is 2.16. The Balaban J connectivity index is 2.13. The number of halogens is 3. The van der Waals surface area contributed by atoms with E-state index in [4.69, 9.17) is 23.2 Å². The molecule has 0 saturated heterocycles. The molecule has 0 spiro atoms. The Hall–Kier alpha value is -1.98. The molecule has 0 bridgehead atoms. The number of hydrogen-bond acceptors (Lipinski definition) is 3. The molecule has 0 aliphatic rings. The average molecular weight is 323 g/mol. The Bertz CT molecular complexity index is 776. The fraction of sp³-hybridized carbons (Fsp3) is 0.0714. The Morgan fingerprint density at radius 2 is 1.62 bits per heavy atom. The van der Waals surface area contributed by atoms with E-state index in [1.165, 1.54) is 12.1 Å². The van der Waals surface area contributed by atoms with Crippen LogP contribution in [-0.2, 0) is 7.05 Å². The molecule has 0 aliphatic heterocycles. The fourth-order valence-corrected chi connectivity index (χ4v) is 2.58. The van der Waals surface area contributed by atoms with Crippen LogP contribution in [0.3, 0.4) is 0 Å². The first-order chi connectivity index (χ1) is 10.1. The van der Waals surface area contributed by atoms with E-state index in [-0.39, 0.29) is 16.1 Å². The van der Waals surface area contributed by atoms with Gasteiger partial charge in [-0.05, 0) is 23.8 Å². The maximum Gasteiger partial charge on any atom is 0.180 e. The Morgan fingerprint density at radius 3 is 2.14 bits per heavy atom. The SMILES string of the molecule is Cn1nccc1-c1nc(Cl)c(-c2ccc(F)cc2)c(Cl)n1. The van der Waals surface area contributed by atoms with Crippen molar-refractivity contribution in [2.75, 3.05) is 0 Å². The third-order valence-electron chi connectivity index (χ3n) is 3.00. The average Bonchev–Trinajstić information content (AvgIpc) is 2.86. The molecule has 21 heavy (non-hydrogen) atoms. The zero-order valence-electron chi connectivity index (χ0n) is 10.9. The molecule has 0 amide bonds. The molecule has 106 valence electrons. The van der Waals surface area contributed by atoms with Crippen LogP contribution in [0.2, 0.25) is 10.3 Å². The molecule has 0 atom stereocenters. The third kappa shape index (κ3) is 2.62. The van der Waals surface area contributed by atoms with E-state index < -0.39 is 0 Å². The summed E-state index contributed by atoms with van der Waals surface area (Å²) in [4.78, 5) is 8.50. The van der Waals surface area contributed by atoms with Crippen LogP contribution in [0, 0.1) is 5.82 Å². The lowest BCUT2D eigenvalue weighted by Crippen LogP contribution is -2.00. The van der Waals surface area contributed by atoms with Crippen LogP contribution < -0.4 is 0 Å². The van der Waals surface area contributed by atoms with Crippen molar-refractivity contribution in [3.05, 3.63) is 52.7 Å². The van der Waals surface area contributed by atoms with E-state index in [1.807, 2.05) is 0 Å². The Labute approximate surface area is 130 Å². The largest absolute Gasteiger partial charge is 0.265 e. The lowest BCUT2D eigenvalue weighted by molar-refractivity contribution is 0.628. The molecule has 2 aromatic heterocycles. The van der Waals surface area contributed by atoms with Gasteiger partial charge < -0.3 is 0 Å². The summed E-state index contributed by atoms with van der Waals surface area (Å²) in [6, 6.07) is 7.58. The first-order valence-corrected chi connectivity index (χ1v) is 6.79. The highest BCUT2D eigenvalue weighted by Crippen LogP contribution is 2.34. The smallest absolute Gasteiger partial charge is 0.180 e.